The van der Waals surface area contributed by atoms with Crippen LogP contribution < -0.4 is 5.32 Å². The van der Waals surface area contributed by atoms with E-state index in [2.05, 4.69) is 14.9 Å². The molecule has 8 heteroatoms. The molecule has 0 unspecified atom stereocenters. The number of hydrogen-bond acceptors (Lipinski definition) is 5. The highest BCUT2D eigenvalue weighted by Crippen LogP contribution is 2.16. The molecule has 1 fully saturated rings. The van der Waals surface area contributed by atoms with Crippen LogP contribution in [0.25, 0.3) is 0 Å². The molecule has 1 aliphatic heterocycles. The van der Waals surface area contributed by atoms with Crippen molar-refractivity contribution in [2.45, 2.75) is 18.9 Å². The lowest BCUT2D eigenvalue weighted by Gasteiger charge is -2.32. The Bertz CT molecular complexity index is 699. The molecule has 3 rings (SSSR count). The Morgan fingerprint density at radius 3 is 2.65 bits per heavy atom. The van der Waals surface area contributed by atoms with Crippen LogP contribution in [0, 0.1) is 5.82 Å². The minimum absolute atomic E-state index is 0.00531. The largest absolute Gasteiger partial charge is 0.348 e. The number of piperidine rings is 1. The predicted octanol–water partition coefficient (Wildman–Crippen LogP) is 1.71. The molecule has 6 nitrogen and oxygen atoms in total. The maximum absolute atomic E-state index is 13.7. The Morgan fingerprint density at radius 1 is 1.26 bits per heavy atom. The number of carbonyl (C=O) groups excluding carboxylic acids is 2. The monoisotopic (exact) mass is 334 g/mol. The molecule has 120 valence electrons. The van der Waals surface area contributed by atoms with Crippen molar-refractivity contribution in [3.05, 3.63) is 46.7 Å². The Hall–Kier alpha value is -2.35. The lowest BCUT2D eigenvalue weighted by molar-refractivity contribution is 0.0694. The summed E-state index contributed by atoms with van der Waals surface area (Å²) in [5.74, 6) is -1.01. The van der Waals surface area contributed by atoms with Gasteiger partial charge in [0, 0.05) is 19.1 Å². The number of halogens is 1. The van der Waals surface area contributed by atoms with E-state index in [1.807, 2.05) is 0 Å². The summed E-state index contributed by atoms with van der Waals surface area (Å²) in [6.07, 6.45) is 2.70. The molecule has 1 N–H and O–H groups in total. The molecule has 1 saturated heterocycles. The number of carbonyl (C=O) groups is 2. The van der Waals surface area contributed by atoms with E-state index in [4.69, 9.17) is 0 Å². The smallest absolute Gasteiger partial charge is 0.264 e. The molecule has 2 aromatic rings. The molecular formula is C15H15FN4O2S. The van der Waals surface area contributed by atoms with Gasteiger partial charge < -0.3 is 10.2 Å². The van der Waals surface area contributed by atoms with E-state index in [9.17, 15) is 14.0 Å². The van der Waals surface area contributed by atoms with E-state index in [-0.39, 0.29) is 23.4 Å². The summed E-state index contributed by atoms with van der Waals surface area (Å²) in [7, 11) is 0. The molecule has 0 atom stereocenters. The van der Waals surface area contributed by atoms with Crippen LogP contribution in [0.4, 0.5) is 4.39 Å². The maximum Gasteiger partial charge on any atom is 0.264 e. The first-order valence-corrected chi connectivity index (χ1v) is 8.04. The van der Waals surface area contributed by atoms with Crippen LogP contribution in [-0.4, -0.2) is 45.4 Å². The number of nitrogens with one attached hydrogen (secondary N) is 1. The van der Waals surface area contributed by atoms with Crippen molar-refractivity contribution in [2.75, 3.05) is 13.1 Å². The van der Waals surface area contributed by atoms with Gasteiger partial charge >= 0.3 is 0 Å². The van der Waals surface area contributed by atoms with Crippen molar-refractivity contribution in [1.82, 2.24) is 19.8 Å². The zero-order chi connectivity index (χ0) is 16.2. The summed E-state index contributed by atoms with van der Waals surface area (Å²) < 4.78 is 17.3. The first kappa shape index (κ1) is 15.5. The van der Waals surface area contributed by atoms with Crippen LogP contribution in [0.5, 0.6) is 0 Å². The molecule has 2 heterocycles. The molecule has 1 aromatic heterocycles. The van der Waals surface area contributed by atoms with Gasteiger partial charge in [0.1, 0.15) is 10.7 Å². The van der Waals surface area contributed by atoms with Gasteiger partial charge in [0.25, 0.3) is 11.8 Å². The first-order valence-electron chi connectivity index (χ1n) is 7.27. The quantitative estimate of drug-likeness (QED) is 0.927. The maximum atomic E-state index is 13.7. The number of benzene rings is 1. The third-order valence-electron chi connectivity index (χ3n) is 3.81. The Balaban J connectivity index is 1.55. The average Bonchev–Trinajstić information content (AvgIpc) is 3.10. The minimum Gasteiger partial charge on any atom is -0.348 e. The summed E-state index contributed by atoms with van der Waals surface area (Å²) in [5.41, 5.74) is 0.0886. The third kappa shape index (κ3) is 3.53. The van der Waals surface area contributed by atoms with Gasteiger partial charge in [-0.15, -0.1) is 5.10 Å². The normalized spacial score (nSPS) is 15.4. The summed E-state index contributed by atoms with van der Waals surface area (Å²) in [5, 5.41) is 6.54. The summed E-state index contributed by atoms with van der Waals surface area (Å²) in [6.45, 7) is 0.970. The van der Waals surface area contributed by atoms with Crippen molar-refractivity contribution in [2.24, 2.45) is 0 Å². The van der Waals surface area contributed by atoms with Crippen LogP contribution >= 0.6 is 11.5 Å². The van der Waals surface area contributed by atoms with Gasteiger partial charge in [-0.25, -0.2) is 4.39 Å². The van der Waals surface area contributed by atoms with Crippen LogP contribution in [0.15, 0.2) is 30.5 Å². The van der Waals surface area contributed by atoms with E-state index < -0.39 is 5.82 Å². The molecule has 1 aliphatic rings. The zero-order valence-corrected chi connectivity index (χ0v) is 13.1. The second-order valence-electron chi connectivity index (χ2n) is 5.30. The van der Waals surface area contributed by atoms with Crippen LogP contribution in [0.2, 0.25) is 0 Å². The van der Waals surface area contributed by atoms with Gasteiger partial charge in [-0.05, 0) is 36.5 Å². The fraction of sp³-hybridized carbons (Fsp3) is 0.333. The number of nitrogens with zero attached hydrogens (tertiary/aromatic N) is 3. The van der Waals surface area contributed by atoms with Gasteiger partial charge in [-0.2, -0.15) is 0 Å². The van der Waals surface area contributed by atoms with Gasteiger partial charge in [0.05, 0.1) is 11.8 Å². The third-order valence-corrected chi connectivity index (χ3v) is 4.47. The fourth-order valence-electron chi connectivity index (χ4n) is 2.56. The molecule has 0 aliphatic carbocycles. The second-order valence-corrected chi connectivity index (χ2v) is 6.09. The van der Waals surface area contributed by atoms with Crippen LogP contribution in [0.3, 0.4) is 0 Å². The van der Waals surface area contributed by atoms with Gasteiger partial charge in [-0.1, -0.05) is 16.6 Å². The highest BCUT2D eigenvalue weighted by Gasteiger charge is 2.26. The molecular weight excluding hydrogens is 319 g/mol. The Morgan fingerprint density at radius 2 is 2.00 bits per heavy atom. The summed E-state index contributed by atoms with van der Waals surface area (Å²) in [4.78, 5) is 26.4. The van der Waals surface area contributed by atoms with Crippen LogP contribution in [-0.2, 0) is 0 Å². The first-order chi connectivity index (χ1) is 11.1. The number of amides is 2. The van der Waals surface area contributed by atoms with E-state index in [0.29, 0.717) is 30.8 Å². The van der Waals surface area contributed by atoms with E-state index >= 15 is 0 Å². The lowest BCUT2D eigenvalue weighted by atomic mass is 10.0. The number of likely N-dealkylation sites (tertiary alicyclic amines) is 1. The van der Waals surface area contributed by atoms with Crippen molar-refractivity contribution >= 4 is 23.3 Å². The zero-order valence-electron chi connectivity index (χ0n) is 12.2. The van der Waals surface area contributed by atoms with E-state index in [1.54, 1.807) is 17.0 Å². The fourth-order valence-corrected chi connectivity index (χ4v) is 2.97. The van der Waals surface area contributed by atoms with E-state index in [0.717, 1.165) is 11.5 Å². The van der Waals surface area contributed by atoms with Gasteiger partial charge in [0.15, 0.2) is 0 Å². The SMILES string of the molecule is O=C(NC1CCN(C(=O)c2ccccc2F)CC1)c1cnns1. The highest BCUT2D eigenvalue weighted by molar-refractivity contribution is 7.07. The molecule has 0 spiro atoms. The lowest BCUT2D eigenvalue weighted by Crippen LogP contribution is -2.46. The number of aromatic nitrogens is 2. The standard InChI is InChI=1S/C15H15FN4O2S/c16-12-4-2-1-3-11(12)15(22)20-7-5-10(6-8-20)18-14(21)13-9-17-19-23-13/h1-4,9-10H,5-8H2,(H,18,21). The van der Waals surface area contributed by atoms with E-state index in [1.165, 1.54) is 18.3 Å². The van der Waals surface area contributed by atoms with Crippen molar-refractivity contribution in [1.29, 1.82) is 0 Å². The van der Waals surface area contributed by atoms with Crippen molar-refractivity contribution in [3.8, 4) is 0 Å². The molecule has 0 saturated carbocycles. The second kappa shape index (κ2) is 6.82. The Labute approximate surface area is 136 Å². The summed E-state index contributed by atoms with van der Waals surface area (Å²) in [6, 6.07) is 5.97. The molecule has 23 heavy (non-hydrogen) atoms. The summed E-state index contributed by atoms with van der Waals surface area (Å²) >= 11 is 1.04. The van der Waals surface area contributed by atoms with Crippen molar-refractivity contribution < 1.29 is 14.0 Å². The highest BCUT2D eigenvalue weighted by atomic mass is 32.1. The van der Waals surface area contributed by atoms with Crippen molar-refractivity contribution in [3.63, 3.8) is 0 Å². The molecule has 2 amide bonds. The Kier molecular flexibility index (Phi) is 4.61. The predicted molar refractivity (Wildman–Crippen MR) is 82.7 cm³/mol. The number of hydrogen-bond donors (Lipinski definition) is 1. The minimum atomic E-state index is -0.509. The molecule has 1 aromatic carbocycles. The van der Waals surface area contributed by atoms with Crippen LogP contribution in [0.1, 0.15) is 32.9 Å². The average molecular weight is 334 g/mol. The molecule has 0 bridgehead atoms. The molecule has 0 radical (unpaired) electrons. The topological polar surface area (TPSA) is 75.2 Å². The van der Waals surface area contributed by atoms with Gasteiger partial charge in [0.2, 0.25) is 0 Å². The van der Waals surface area contributed by atoms with Gasteiger partial charge in [-0.3, -0.25) is 9.59 Å². The number of rotatable bonds is 3.